The zero-order valence-electron chi connectivity index (χ0n) is 74.1. The van der Waals surface area contributed by atoms with E-state index < -0.39 is 0 Å². The lowest BCUT2D eigenvalue weighted by Crippen LogP contribution is -2.14. The van der Waals surface area contributed by atoms with Crippen LogP contribution in [0.2, 0.25) is 0 Å². The van der Waals surface area contributed by atoms with Crippen molar-refractivity contribution in [3.63, 3.8) is 0 Å². The average Bonchev–Trinajstić information content (AvgIpc) is 0.734. The minimum atomic E-state index is 0.541. The second kappa shape index (κ2) is 67.0. The van der Waals surface area contributed by atoms with E-state index in [-0.39, 0.29) is 0 Å². The van der Waals surface area contributed by atoms with Gasteiger partial charge in [0.2, 0.25) is 0 Å². The minimum absolute atomic E-state index is 0.541. The highest BCUT2D eigenvalue weighted by atomic mass is 16.5. The maximum atomic E-state index is 7.33. The Morgan fingerprint density at radius 1 is 0.182 bits per heavy atom. The van der Waals surface area contributed by atoms with E-state index in [4.69, 9.17) is 18.9 Å². The normalized spacial score (nSPS) is 12.9. The molecule has 4 unspecified atom stereocenters. The lowest BCUT2D eigenvalue weighted by Gasteiger charge is -2.23. The molecule has 0 amide bonds. The molecule has 5 aromatic carbocycles. The molecule has 0 saturated carbocycles. The monoisotopic (exact) mass is 1520 g/mol. The molecule has 110 heavy (non-hydrogen) atoms. The molecule has 626 valence electrons. The fraction of sp³-hybridized carbons (Fsp3) is 0.755. The molecule has 5 rings (SSSR count). The summed E-state index contributed by atoms with van der Waals surface area (Å²) in [6, 6.07) is 32.9. The Kier molecular flexibility index (Phi) is 58.8. The molecule has 0 aliphatic carbocycles. The van der Waals surface area contributed by atoms with Crippen LogP contribution in [0.5, 0.6) is 23.0 Å². The second-order valence-electron chi connectivity index (χ2n) is 35.2. The first-order valence-corrected chi connectivity index (χ1v) is 49.1. The predicted octanol–water partition coefficient (Wildman–Crippen LogP) is 36.4. The van der Waals surface area contributed by atoms with E-state index in [1.807, 2.05) is 0 Å². The van der Waals surface area contributed by atoms with E-state index in [1.54, 1.807) is 0 Å². The van der Waals surface area contributed by atoms with Gasteiger partial charge >= 0.3 is 0 Å². The first-order chi connectivity index (χ1) is 54.4. The van der Waals surface area contributed by atoms with E-state index >= 15 is 0 Å². The van der Waals surface area contributed by atoms with Crippen molar-refractivity contribution in [2.75, 3.05) is 26.4 Å². The number of fused-ring (bicyclic) bond motifs is 2. The molecule has 0 aliphatic rings. The molecule has 0 spiro atoms. The van der Waals surface area contributed by atoms with Gasteiger partial charge in [-0.15, -0.1) is 0 Å². The van der Waals surface area contributed by atoms with Gasteiger partial charge in [0.15, 0.2) is 0 Å². The van der Waals surface area contributed by atoms with E-state index in [2.05, 4.69) is 140 Å². The molecule has 0 saturated heterocycles. The van der Waals surface area contributed by atoms with Gasteiger partial charge in [0.1, 0.15) is 23.0 Å². The molecular formula is C106H178O4. The minimum Gasteiger partial charge on any atom is -0.493 e. The van der Waals surface area contributed by atoms with Crippen molar-refractivity contribution in [3.05, 3.63) is 84.9 Å². The van der Waals surface area contributed by atoms with Crippen LogP contribution in [0.15, 0.2) is 84.9 Å². The molecule has 5 aromatic rings. The third-order valence-electron chi connectivity index (χ3n) is 24.9. The summed E-state index contributed by atoms with van der Waals surface area (Å²) in [5.74, 6) is 5.98. The molecule has 0 fully saturated rings. The van der Waals surface area contributed by atoms with E-state index in [1.165, 1.54) is 455 Å². The van der Waals surface area contributed by atoms with Crippen molar-refractivity contribution in [2.24, 2.45) is 23.7 Å². The third kappa shape index (κ3) is 44.1. The standard InChI is InChI=1S/C106H178O4/c1-9-17-25-33-41-45-53-61-73-91(69-57-49-37-29-21-13-5)87-107-97-81-95(82-98(85-97)108-88-92(70-58-50-38-30-22-14-6)74-62-54-46-42-34-26-18-10-2)105-101-77-65-67-79-103(101)106(104-80-68-66-78-102(104)105)96-83-99(109-89-93(71-59-51-39-31-23-15-7)75-63-55-47-43-35-27-19-11-3)86-100(84-96)110-90-94(72-60-52-40-32-24-16-8)76-64-56-48-44-36-28-20-12-4/h65-68,77-86,91-94H,9-64,69-76,87-90H2,1-8H3. The Morgan fingerprint density at radius 3 is 0.482 bits per heavy atom. The summed E-state index contributed by atoms with van der Waals surface area (Å²) in [7, 11) is 0. The molecule has 0 bridgehead atoms. The number of unbranched alkanes of at least 4 members (excludes halogenated alkanes) is 48. The Bertz CT molecular complexity index is 2530. The summed E-state index contributed by atoms with van der Waals surface area (Å²) in [5, 5.41) is 5.05. The predicted molar refractivity (Wildman–Crippen MR) is 489 cm³/mol. The van der Waals surface area contributed by atoms with Gasteiger partial charge in [0.25, 0.3) is 0 Å². The quantitative estimate of drug-likeness (QED) is 0.0287. The number of benzene rings is 5. The fourth-order valence-corrected chi connectivity index (χ4v) is 17.7. The van der Waals surface area contributed by atoms with Gasteiger partial charge in [0, 0.05) is 12.1 Å². The van der Waals surface area contributed by atoms with Gasteiger partial charge in [-0.2, -0.15) is 0 Å². The Morgan fingerprint density at radius 2 is 0.327 bits per heavy atom. The van der Waals surface area contributed by atoms with Crippen molar-refractivity contribution in [2.45, 2.75) is 466 Å². The Balaban J connectivity index is 1.62. The van der Waals surface area contributed by atoms with E-state index in [0.717, 1.165) is 49.4 Å². The van der Waals surface area contributed by atoms with Crippen LogP contribution in [0, 0.1) is 23.7 Å². The third-order valence-corrected chi connectivity index (χ3v) is 24.9. The van der Waals surface area contributed by atoms with Crippen LogP contribution in [0.3, 0.4) is 0 Å². The van der Waals surface area contributed by atoms with Crippen molar-refractivity contribution in [1.82, 2.24) is 0 Å². The van der Waals surface area contributed by atoms with Crippen LogP contribution < -0.4 is 18.9 Å². The van der Waals surface area contributed by atoms with Gasteiger partial charge in [0.05, 0.1) is 26.4 Å². The highest BCUT2D eigenvalue weighted by Crippen LogP contribution is 2.47. The van der Waals surface area contributed by atoms with Gasteiger partial charge in [-0.25, -0.2) is 0 Å². The van der Waals surface area contributed by atoms with Crippen molar-refractivity contribution in [1.29, 1.82) is 0 Å². The van der Waals surface area contributed by atoms with Gasteiger partial charge in [-0.3, -0.25) is 0 Å². The first kappa shape index (κ1) is 96.4. The molecule has 4 nitrogen and oxygen atoms in total. The van der Waals surface area contributed by atoms with Crippen molar-refractivity contribution < 1.29 is 18.9 Å². The van der Waals surface area contributed by atoms with Gasteiger partial charge in [-0.05, 0) is 143 Å². The lowest BCUT2D eigenvalue weighted by molar-refractivity contribution is 0.214. The van der Waals surface area contributed by atoms with Crippen LogP contribution in [0.1, 0.15) is 466 Å². The topological polar surface area (TPSA) is 36.9 Å². The number of hydrogen-bond donors (Lipinski definition) is 0. The largest absolute Gasteiger partial charge is 0.493 e. The first-order valence-electron chi connectivity index (χ1n) is 49.1. The van der Waals surface area contributed by atoms with Crippen LogP contribution >= 0.6 is 0 Å². The maximum absolute atomic E-state index is 7.33. The van der Waals surface area contributed by atoms with Gasteiger partial charge < -0.3 is 18.9 Å². The van der Waals surface area contributed by atoms with Crippen molar-refractivity contribution >= 4 is 21.5 Å². The molecule has 4 atom stereocenters. The van der Waals surface area contributed by atoms with Gasteiger partial charge in [-0.1, -0.05) is 463 Å². The summed E-state index contributed by atoms with van der Waals surface area (Å²) in [5.41, 5.74) is 4.90. The second-order valence-corrected chi connectivity index (χ2v) is 35.2. The van der Waals surface area contributed by atoms with E-state index in [0.29, 0.717) is 23.7 Å². The lowest BCUT2D eigenvalue weighted by atomic mass is 9.86. The molecule has 0 radical (unpaired) electrons. The van der Waals surface area contributed by atoms with Crippen LogP contribution in [-0.2, 0) is 0 Å². The number of hydrogen-bond acceptors (Lipinski definition) is 4. The summed E-state index contributed by atoms with van der Waals surface area (Å²) in [6.07, 6.45) is 85.5. The summed E-state index contributed by atoms with van der Waals surface area (Å²) in [4.78, 5) is 0. The molecule has 4 heteroatoms. The summed E-state index contributed by atoms with van der Waals surface area (Å²) < 4.78 is 29.3. The SMILES string of the molecule is CCCCCCCCCCC(CCCCCCCC)COc1cc(OCC(CCCCCCCC)CCCCCCCCCC)cc(-c2c3ccccc3c(-c3cc(OCC(CCCCCCCC)CCCCCCCCCC)cc(OCC(CCCCCCCC)CCCCCCCCCC)c3)c3ccccc23)c1. The Hall–Kier alpha value is -4.18. The van der Waals surface area contributed by atoms with Crippen molar-refractivity contribution in [3.8, 4) is 45.3 Å². The average molecular weight is 1520 g/mol. The van der Waals surface area contributed by atoms with Crippen LogP contribution in [0.4, 0.5) is 0 Å². The zero-order valence-corrected chi connectivity index (χ0v) is 74.1. The van der Waals surface area contributed by atoms with E-state index in [9.17, 15) is 0 Å². The maximum Gasteiger partial charge on any atom is 0.123 e. The smallest absolute Gasteiger partial charge is 0.123 e. The Labute approximate surface area is 683 Å². The summed E-state index contributed by atoms with van der Waals surface area (Å²) >= 11 is 0. The highest BCUT2D eigenvalue weighted by Gasteiger charge is 2.23. The highest BCUT2D eigenvalue weighted by molar-refractivity contribution is 6.21. The van der Waals surface area contributed by atoms with Crippen LogP contribution in [-0.4, -0.2) is 26.4 Å². The number of ether oxygens (including phenoxy) is 4. The molecule has 0 N–H and O–H groups in total. The molecule has 0 aliphatic heterocycles. The zero-order chi connectivity index (χ0) is 78.0. The molecular weight excluding hydrogens is 1340 g/mol. The number of rotatable bonds is 78. The summed E-state index contributed by atoms with van der Waals surface area (Å²) in [6.45, 7) is 21.7. The van der Waals surface area contributed by atoms with Crippen LogP contribution in [0.25, 0.3) is 43.8 Å². The fourth-order valence-electron chi connectivity index (χ4n) is 17.7. The molecule has 0 aromatic heterocycles. The molecule has 0 heterocycles.